The molecular formula is C12H14ClNO3S. The average Bonchev–Trinajstić information content (AvgIpc) is 2.69. The van der Waals surface area contributed by atoms with Gasteiger partial charge in [-0.25, -0.2) is 8.42 Å². The molecule has 0 unspecified atom stereocenters. The summed E-state index contributed by atoms with van der Waals surface area (Å²) < 4.78 is 22.8. The maximum Gasteiger partial charge on any atom is 0.253 e. The second-order valence-corrected chi connectivity index (χ2v) is 7.14. The Morgan fingerprint density at radius 3 is 2.44 bits per heavy atom. The number of amides is 1. The molecule has 0 spiro atoms. The lowest BCUT2D eigenvalue weighted by molar-refractivity contribution is 0.0747. The molecule has 0 aliphatic carbocycles. The third-order valence-corrected chi connectivity index (χ3v) is 5.17. The normalized spacial score (nSPS) is 21.8. The smallest absolute Gasteiger partial charge is 0.253 e. The molecule has 0 saturated carbocycles. The van der Waals surface area contributed by atoms with Crippen LogP contribution in [0.25, 0.3) is 0 Å². The van der Waals surface area contributed by atoms with Crippen molar-refractivity contribution in [3.05, 3.63) is 34.9 Å². The Morgan fingerprint density at radius 1 is 1.33 bits per heavy atom. The highest BCUT2D eigenvalue weighted by molar-refractivity contribution is 7.91. The van der Waals surface area contributed by atoms with E-state index in [1.165, 1.54) is 4.90 Å². The molecule has 0 bridgehead atoms. The van der Waals surface area contributed by atoms with Crippen LogP contribution in [0.15, 0.2) is 24.3 Å². The van der Waals surface area contributed by atoms with Crippen LogP contribution in [0.2, 0.25) is 5.02 Å². The van der Waals surface area contributed by atoms with Crippen molar-refractivity contribution >= 4 is 27.3 Å². The summed E-state index contributed by atoms with van der Waals surface area (Å²) in [6.45, 7) is 0. The van der Waals surface area contributed by atoms with E-state index in [2.05, 4.69) is 0 Å². The molecule has 0 N–H and O–H groups in total. The van der Waals surface area contributed by atoms with Gasteiger partial charge >= 0.3 is 0 Å². The number of carbonyl (C=O) groups excluding carboxylic acids is 1. The Balaban J connectivity index is 2.12. The van der Waals surface area contributed by atoms with Crippen LogP contribution in [0.1, 0.15) is 16.8 Å². The monoisotopic (exact) mass is 287 g/mol. The van der Waals surface area contributed by atoms with Crippen LogP contribution < -0.4 is 0 Å². The van der Waals surface area contributed by atoms with Crippen molar-refractivity contribution in [1.29, 1.82) is 0 Å². The highest BCUT2D eigenvalue weighted by Gasteiger charge is 2.32. The molecule has 0 radical (unpaired) electrons. The Hall–Kier alpha value is -1.07. The number of benzene rings is 1. The van der Waals surface area contributed by atoms with Crippen LogP contribution in [0.3, 0.4) is 0 Å². The third-order valence-electron chi connectivity index (χ3n) is 3.17. The molecule has 0 aromatic heterocycles. The predicted molar refractivity (Wildman–Crippen MR) is 70.6 cm³/mol. The van der Waals surface area contributed by atoms with Gasteiger partial charge in [-0.15, -0.1) is 0 Å². The zero-order chi connectivity index (χ0) is 13.3. The fourth-order valence-electron chi connectivity index (χ4n) is 2.04. The van der Waals surface area contributed by atoms with Crippen molar-refractivity contribution in [2.24, 2.45) is 0 Å². The molecule has 18 heavy (non-hydrogen) atoms. The van der Waals surface area contributed by atoms with Crippen LogP contribution in [0, 0.1) is 0 Å². The van der Waals surface area contributed by atoms with Crippen molar-refractivity contribution in [3.63, 3.8) is 0 Å². The molecule has 1 heterocycles. The van der Waals surface area contributed by atoms with Crippen molar-refractivity contribution in [2.45, 2.75) is 12.5 Å². The van der Waals surface area contributed by atoms with E-state index in [9.17, 15) is 13.2 Å². The van der Waals surface area contributed by atoms with E-state index >= 15 is 0 Å². The lowest BCUT2D eigenvalue weighted by Crippen LogP contribution is -2.37. The first-order chi connectivity index (χ1) is 8.39. The molecule has 2 rings (SSSR count). The van der Waals surface area contributed by atoms with E-state index in [0.29, 0.717) is 17.0 Å². The Labute approximate surface area is 111 Å². The molecule has 1 aromatic carbocycles. The summed E-state index contributed by atoms with van der Waals surface area (Å²) in [5, 5.41) is 0.567. The highest BCUT2D eigenvalue weighted by Crippen LogP contribution is 2.19. The topological polar surface area (TPSA) is 54.5 Å². The quantitative estimate of drug-likeness (QED) is 0.830. The zero-order valence-corrected chi connectivity index (χ0v) is 11.5. The average molecular weight is 288 g/mol. The summed E-state index contributed by atoms with van der Waals surface area (Å²) in [6.07, 6.45) is 0.512. The molecule has 1 atom stereocenters. The number of rotatable bonds is 2. The van der Waals surface area contributed by atoms with Gasteiger partial charge in [-0.3, -0.25) is 4.79 Å². The van der Waals surface area contributed by atoms with Crippen LogP contribution in [0.5, 0.6) is 0 Å². The van der Waals surface area contributed by atoms with Gasteiger partial charge in [0.05, 0.1) is 11.5 Å². The first kappa shape index (κ1) is 13.4. The lowest BCUT2D eigenvalue weighted by Gasteiger charge is -2.23. The van der Waals surface area contributed by atoms with Crippen LogP contribution in [-0.4, -0.2) is 43.8 Å². The molecule has 1 amide bonds. The molecule has 1 aliphatic heterocycles. The summed E-state index contributed by atoms with van der Waals surface area (Å²) in [7, 11) is -1.34. The number of nitrogens with zero attached hydrogens (tertiary/aromatic N) is 1. The van der Waals surface area contributed by atoms with E-state index in [4.69, 9.17) is 11.6 Å². The second-order valence-electron chi connectivity index (χ2n) is 4.48. The van der Waals surface area contributed by atoms with Gasteiger partial charge in [0.1, 0.15) is 0 Å². The number of sulfone groups is 1. The standard InChI is InChI=1S/C12H14ClNO3S/c1-14(11-6-7-18(16,17)8-11)12(15)9-2-4-10(13)5-3-9/h2-5,11H,6-8H2,1H3/t11-/m0/s1. The SMILES string of the molecule is CN(C(=O)c1ccc(Cl)cc1)[C@H]1CCS(=O)(=O)C1. The van der Waals surface area contributed by atoms with Gasteiger partial charge < -0.3 is 4.90 Å². The maximum atomic E-state index is 12.1. The summed E-state index contributed by atoms with van der Waals surface area (Å²) in [6, 6.07) is 6.36. The summed E-state index contributed by atoms with van der Waals surface area (Å²) in [4.78, 5) is 13.6. The number of hydrogen-bond donors (Lipinski definition) is 0. The van der Waals surface area contributed by atoms with E-state index in [1.807, 2.05) is 0 Å². The van der Waals surface area contributed by atoms with Crippen LogP contribution in [-0.2, 0) is 9.84 Å². The minimum absolute atomic E-state index is 0.0584. The Bertz CT molecular complexity index is 553. The van der Waals surface area contributed by atoms with E-state index in [0.717, 1.165) is 0 Å². The molecule has 1 aromatic rings. The Kier molecular flexibility index (Phi) is 3.64. The largest absolute Gasteiger partial charge is 0.338 e. The minimum atomic E-state index is -2.98. The summed E-state index contributed by atoms with van der Waals surface area (Å²) >= 11 is 5.76. The van der Waals surface area contributed by atoms with Crippen LogP contribution >= 0.6 is 11.6 Å². The molecule has 6 heteroatoms. The minimum Gasteiger partial charge on any atom is -0.338 e. The van der Waals surface area contributed by atoms with Gasteiger partial charge in [-0.1, -0.05) is 11.6 Å². The molecule has 98 valence electrons. The second kappa shape index (κ2) is 4.90. The van der Waals surface area contributed by atoms with Gasteiger partial charge in [0.15, 0.2) is 9.84 Å². The Morgan fingerprint density at radius 2 is 1.94 bits per heavy atom. The van der Waals surface area contributed by atoms with Gasteiger partial charge in [-0.2, -0.15) is 0 Å². The van der Waals surface area contributed by atoms with Gasteiger partial charge in [-0.05, 0) is 30.7 Å². The van der Waals surface area contributed by atoms with Crippen molar-refractivity contribution in [2.75, 3.05) is 18.6 Å². The number of carbonyl (C=O) groups is 1. The first-order valence-electron chi connectivity index (χ1n) is 5.62. The molecular weight excluding hydrogens is 274 g/mol. The fraction of sp³-hybridized carbons (Fsp3) is 0.417. The maximum absolute atomic E-state index is 12.1. The van der Waals surface area contributed by atoms with Crippen molar-refractivity contribution in [3.8, 4) is 0 Å². The molecule has 1 fully saturated rings. The van der Waals surface area contributed by atoms with Gasteiger partial charge in [0.2, 0.25) is 0 Å². The summed E-state index contributed by atoms with van der Waals surface area (Å²) in [5.74, 6) is 0.0485. The first-order valence-corrected chi connectivity index (χ1v) is 7.82. The third kappa shape index (κ3) is 2.84. The van der Waals surface area contributed by atoms with E-state index < -0.39 is 9.84 Å². The van der Waals surface area contributed by atoms with Gasteiger partial charge in [0.25, 0.3) is 5.91 Å². The fourth-order valence-corrected chi connectivity index (χ4v) is 3.94. The summed E-state index contributed by atoms with van der Waals surface area (Å²) in [5.41, 5.74) is 0.520. The van der Waals surface area contributed by atoms with Gasteiger partial charge in [0, 0.05) is 23.7 Å². The number of hydrogen-bond acceptors (Lipinski definition) is 3. The molecule has 1 saturated heterocycles. The molecule has 4 nitrogen and oxygen atoms in total. The zero-order valence-electron chi connectivity index (χ0n) is 9.97. The predicted octanol–water partition coefficient (Wildman–Crippen LogP) is 1.60. The van der Waals surface area contributed by atoms with Crippen molar-refractivity contribution < 1.29 is 13.2 Å². The highest BCUT2D eigenvalue weighted by atomic mass is 35.5. The van der Waals surface area contributed by atoms with E-state index in [-0.39, 0.29) is 23.5 Å². The van der Waals surface area contributed by atoms with Crippen LogP contribution in [0.4, 0.5) is 0 Å². The lowest BCUT2D eigenvalue weighted by atomic mass is 10.1. The molecule has 1 aliphatic rings. The van der Waals surface area contributed by atoms with Crippen molar-refractivity contribution in [1.82, 2.24) is 4.90 Å². The van der Waals surface area contributed by atoms with E-state index in [1.54, 1.807) is 31.3 Å². The number of halogens is 1.